The molecule has 7 atom stereocenters. The molecule has 4 rings (SSSR count). The van der Waals surface area contributed by atoms with E-state index in [4.69, 9.17) is 16.3 Å². The third kappa shape index (κ3) is 3.15. The Balaban J connectivity index is 1.88. The van der Waals surface area contributed by atoms with Gasteiger partial charge in [-0.15, -0.1) is 6.58 Å². The first-order valence-corrected chi connectivity index (χ1v) is 11.5. The summed E-state index contributed by atoms with van der Waals surface area (Å²) in [5, 5.41) is 20.3. The van der Waals surface area contributed by atoms with Crippen LogP contribution in [0.5, 0.6) is 0 Å². The van der Waals surface area contributed by atoms with E-state index in [0.29, 0.717) is 17.1 Å². The summed E-state index contributed by atoms with van der Waals surface area (Å²) < 4.78 is 6.45. The minimum Gasteiger partial charge on any atom is -0.481 e. The number of amides is 2. The maximum atomic E-state index is 14.2. The summed E-state index contributed by atoms with van der Waals surface area (Å²) in [6, 6.07) is 5.05. The summed E-state index contributed by atoms with van der Waals surface area (Å²) >= 11 is 6.40. The van der Waals surface area contributed by atoms with Crippen LogP contribution in [0.4, 0.5) is 5.69 Å². The number of carbonyl (C=O) groups excluding carboxylic acids is 2. The van der Waals surface area contributed by atoms with Gasteiger partial charge in [-0.2, -0.15) is 0 Å². The summed E-state index contributed by atoms with van der Waals surface area (Å²) in [5.74, 6) is -4.33. The zero-order chi connectivity index (χ0) is 24.3. The first-order valence-electron chi connectivity index (χ1n) is 11.1. The van der Waals surface area contributed by atoms with Crippen LogP contribution in [0.25, 0.3) is 0 Å². The SMILES string of the molecule is C=CCN(C(=O)C1N([C@H](C)CO)C(=O)[C@@H]2[C@@H](C(=O)O)[C@]3(C)OC12CC3C)c1ccccc1Cl. The Hall–Kier alpha value is -2.42. The first-order chi connectivity index (χ1) is 15.5. The fraction of sp³-hybridized carbons (Fsp3) is 0.542. The number of anilines is 1. The molecule has 3 saturated heterocycles. The number of hydrogen-bond donors (Lipinski definition) is 2. The molecule has 1 spiro atoms. The zero-order valence-corrected chi connectivity index (χ0v) is 19.7. The molecule has 3 aliphatic rings. The van der Waals surface area contributed by atoms with Gasteiger partial charge >= 0.3 is 5.97 Å². The monoisotopic (exact) mass is 476 g/mol. The van der Waals surface area contributed by atoms with Crippen molar-refractivity contribution in [1.29, 1.82) is 0 Å². The molecule has 2 amide bonds. The Morgan fingerprint density at radius 1 is 1.42 bits per heavy atom. The smallest absolute Gasteiger partial charge is 0.310 e. The van der Waals surface area contributed by atoms with Gasteiger partial charge < -0.3 is 24.7 Å². The second kappa shape index (κ2) is 8.11. The van der Waals surface area contributed by atoms with Crippen LogP contribution < -0.4 is 4.90 Å². The fourth-order valence-electron chi connectivity index (χ4n) is 6.15. The van der Waals surface area contributed by atoms with Gasteiger partial charge in [0.05, 0.1) is 34.9 Å². The van der Waals surface area contributed by atoms with Crippen molar-refractivity contribution in [3.05, 3.63) is 41.9 Å². The normalized spacial score (nSPS) is 35.4. The molecule has 2 bridgehead atoms. The second-order valence-electron chi connectivity index (χ2n) is 9.51. The van der Waals surface area contributed by atoms with Crippen molar-refractivity contribution in [3.8, 4) is 0 Å². The Kier molecular flexibility index (Phi) is 5.83. The molecule has 3 unspecified atom stereocenters. The minimum absolute atomic E-state index is 0.129. The van der Waals surface area contributed by atoms with Crippen LogP contribution in [0.1, 0.15) is 27.2 Å². The van der Waals surface area contributed by atoms with Gasteiger partial charge in [0.1, 0.15) is 17.6 Å². The van der Waals surface area contributed by atoms with Crippen LogP contribution in [-0.2, 0) is 19.1 Å². The highest BCUT2D eigenvalue weighted by Crippen LogP contribution is 2.65. The Morgan fingerprint density at radius 2 is 2.09 bits per heavy atom. The molecule has 2 N–H and O–H groups in total. The molecular weight excluding hydrogens is 448 g/mol. The maximum Gasteiger partial charge on any atom is 0.310 e. The van der Waals surface area contributed by atoms with Gasteiger partial charge in [-0.3, -0.25) is 14.4 Å². The molecule has 0 aliphatic carbocycles. The number of carbonyl (C=O) groups is 3. The number of carboxylic acid groups (broad SMARTS) is 1. The molecule has 0 radical (unpaired) electrons. The molecule has 178 valence electrons. The predicted octanol–water partition coefficient (Wildman–Crippen LogP) is 2.34. The van der Waals surface area contributed by atoms with Crippen molar-refractivity contribution >= 4 is 35.1 Å². The maximum absolute atomic E-state index is 14.2. The number of ether oxygens (including phenoxy) is 1. The van der Waals surface area contributed by atoms with Crippen molar-refractivity contribution in [1.82, 2.24) is 4.90 Å². The molecule has 3 heterocycles. The number of hydrogen-bond acceptors (Lipinski definition) is 5. The van der Waals surface area contributed by atoms with Crippen LogP contribution in [0.3, 0.4) is 0 Å². The number of halogens is 1. The highest BCUT2D eigenvalue weighted by atomic mass is 35.5. The average Bonchev–Trinajstić information content (AvgIpc) is 3.28. The average molecular weight is 477 g/mol. The molecule has 1 aromatic carbocycles. The Morgan fingerprint density at radius 3 is 2.67 bits per heavy atom. The quantitative estimate of drug-likeness (QED) is 0.585. The number of para-hydroxylation sites is 1. The van der Waals surface area contributed by atoms with E-state index in [9.17, 15) is 24.6 Å². The van der Waals surface area contributed by atoms with E-state index in [1.807, 2.05) is 6.92 Å². The topological polar surface area (TPSA) is 107 Å². The van der Waals surface area contributed by atoms with Crippen molar-refractivity contribution in [2.45, 2.75) is 50.5 Å². The predicted molar refractivity (Wildman–Crippen MR) is 122 cm³/mol. The zero-order valence-electron chi connectivity index (χ0n) is 18.9. The summed E-state index contributed by atoms with van der Waals surface area (Å²) in [6.07, 6.45) is 1.92. The van der Waals surface area contributed by atoms with Crippen LogP contribution in [0.15, 0.2) is 36.9 Å². The molecule has 3 aliphatic heterocycles. The summed E-state index contributed by atoms with van der Waals surface area (Å²) in [6.45, 7) is 8.75. The van der Waals surface area contributed by atoms with Crippen LogP contribution in [0.2, 0.25) is 5.02 Å². The lowest BCUT2D eigenvalue weighted by atomic mass is 9.62. The van der Waals surface area contributed by atoms with E-state index in [1.54, 1.807) is 44.2 Å². The molecule has 1 aromatic rings. The van der Waals surface area contributed by atoms with Gasteiger partial charge in [0.2, 0.25) is 5.91 Å². The van der Waals surface area contributed by atoms with Gasteiger partial charge in [0.15, 0.2) is 0 Å². The highest BCUT2D eigenvalue weighted by Gasteiger charge is 2.80. The van der Waals surface area contributed by atoms with Gasteiger partial charge in [0.25, 0.3) is 5.91 Å². The number of aliphatic carboxylic acids is 1. The highest BCUT2D eigenvalue weighted by molar-refractivity contribution is 6.34. The second-order valence-corrected chi connectivity index (χ2v) is 9.92. The van der Waals surface area contributed by atoms with E-state index in [-0.39, 0.29) is 19.1 Å². The number of aliphatic hydroxyl groups is 1. The number of likely N-dealkylation sites (tertiary alicyclic amines) is 1. The molecule has 33 heavy (non-hydrogen) atoms. The number of fused-ring (bicyclic) bond motifs is 1. The van der Waals surface area contributed by atoms with E-state index in [0.717, 1.165) is 0 Å². The number of nitrogens with zero attached hydrogens (tertiary/aromatic N) is 2. The summed E-state index contributed by atoms with van der Waals surface area (Å²) in [5.41, 5.74) is -1.93. The van der Waals surface area contributed by atoms with Crippen molar-refractivity contribution in [2.75, 3.05) is 18.1 Å². The van der Waals surface area contributed by atoms with Gasteiger partial charge in [-0.1, -0.05) is 36.7 Å². The first kappa shape index (κ1) is 23.7. The number of benzene rings is 1. The molecule has 0 saturated carbocycles. The minimum atomic E-state index is -1.31. The largest absolute Gasteiger partial charge is 0.481 e. The Bertz CT molecular complexity index is 1020. The summed E-state index contributed by atoms with van der Waals surface area (Å²) in [4.78, 5) is 43.0. The van der Waals surface area contributed by atoms with Gasteiger partial charge in [-0.25, -0.2) is 0 Å². The molecule has 3 fully saturated rings. The third-order valence-electron chi connectivity index (χ3n) is 7.71. The van der Waals surface area contributed by atoms with Crippen molar-refractivity contribution in [2.24, 2.45) is 17.8 Å². The van der Waals surface area contributed by atoms with E-state index >= 15 is 0 Å². The Labute approximate surface area is 197 Å². The number of rotatable bonds is 7. The van der Waals surface area contributed by atoms with Crippen molar-refractivity contribution in [3.63, 3.8) is 0 Å². The van der Waals surface area contributed by atoms with Crippen LogP contribution in [-0.4, -0.2) is 69.3 Å². The van der Waals surface area contributed by atoms with Crippen LogP contribution >= 0.6 is 11.6 Å². The lowest BCUT2D eigenvalue weighted by Crippen LogP contribution is -2.58. The van der Waals surface area contributed by atoms with Crippen molar-refractivity contribution < 1.29 is 29.3 Å². The molecular formula is C24H29ClN2O6. The standard InChI is InChI=1S/C24H29ClN2O6/c1-5-10-26(16-9-7-6-8-15(16)25)21(30)19-24-11-13(2)23(4,33-24)18(22(31)32)17(24)20(29)27(19)14(3)12-28/h5-9,13-14,17-19,28H,1,10-12H2,2-4H3,(H,31,32)/t13?,14-,17+,18+,19?,23-,24?/m1/s1. The van der Waals surface area contributed by atoms with E-state index in [1.165, 1.54) is 9.80 Å². The number of carboxylic acids is 1. The van der Waals surface area contributed by atoms with E-state index in [2.05, 4.69) is 6.58 Å². The van der Waals surface area contributed by atoms with Crippen LogP contribution in [0, 0.1) is 17.8 Å². The van der Waals surface area contributed by atoms with Gasteiger partial charge in [-0.05, 0) is 38.3 Å². The summed E-state index contributed by atoms with van der Waals surface area (Å²) in [7, 11) is 0. The molecule has 8 nitrogen and oxygen atoms in total. The lowest BCUT2D eigenvalue weighted by Gasteiger charge is -2.38. The van der Waals surface area contributed by atoms with E-state index < -0.39 is 52.9 Å². The fourth-order valence-corrected chi connectivity index (χ4v) is 6.39. The molecule has 0 aromatic heterocycles. The number of aliphatic hydroxyl groups excluding tert-OH is 1. The third-order valence-corrected chi connectivity index (χ3v) is 8.03. The molecule has 9 heteroatoms. The van der Waals surface area contributed by atoms with Gasteiger partial charge in [0, 0.05) is 6.54 Å². The lowest BCUT2D eigenvalue weighted by molar-refractivity contribution is -0.157.